The fourth-order valence-corrected chi connectivity index (χ4v) is 1.71. The number of benzene rings is 2. The molecule has 6 heteroatoms. The molecular formula is C18H23ClN3RuS+. The number of hydrogen-bond acceptors (Lipinski definition) is 2. The molecule has 0 heterocycles. The third-order valence-corrected chi connectivity index (χ3v) is 3.02. The molecule has 0 fully saturated rings. The second kappa shape index (κ2) is 14.1. The Balaban J connectivity index is 0.000000405. The van der Waals surface area contributed by atoms with E-state index in [1.54, 1.807) is 6.21 Å². The molecule has 24 heavy (non-hydrogen) atoms. The number of nitrogens with two attached hydrogens (primary N) is 1. The standard InChI is InChI=1S/C10H14.C8H9N3S.ClH.Ru/c1-8(2)10-6-4-9(3)5-7-10;9-8(12)11-10-6-7-4-2-1-3-5-7;;/h4-8H,1-3H3;1-6H,(H3,9,11,12);1H;/q;;;+2/p-1/b;10-6+;;. The average Bonchev–Trinajstić information content (AvgIpc) is 2.58. The van der Waals surface area contributed by atoms with Gasteiger partial charge in [0.15, 0.2) is 5.11 Å². The van der Waals surface area contributed by atoms with Crippen LogP contribution in [0.3, 0.4) is 0 Å². The van der Waals surface area contributed by atoms with Crippen LogP contribution in [0, 0.1) is 6.92 Å². The summed E-state index contributed by atoms with van der Waals surface area (Å²) in [4.78, 5) is 0. The number of hydrazone groups is 1. The van der Waals surface area contributed by atoms with E-state index in [1.807, 2.05) is 47.6 Å². The van der Waals surface area contributed by atoms with Crippen molar-refractivity contribution in [2.24, 2.45) is 10.8 Å². The second-order valence-electron chi connectivity index (χ2n) is 5.21. The molecule has 3 N–H and O–H groups in total. The summed E-state index contributed by atoms with van der Waals surface area (Å²) in [5.41, 5.74) is 11.4. The maximum atomic E-state index is 5.16. The SMILES string of the molecule is Cc1ccc(C(C)C)cc1.NC(=S)N/N=C/c1ccccc1.[Cl][Ru+]. The Labute approximate surface area is 164 Å². The summed E-state index contributed by atoms with van der Waals surface area (Å²) in [6.07, 6.45) is 1.65. The van der Waals surface area contributed by atoms with E-state index in [2.05, 4.69) is 77.5 Å². The quantitative estimate of drug-likeness (QED) is 0.310. The summed E-state index contributed by atoms with van der Waals surface area (Å²) in [7, 11) is 4.57. The van der Waals surface area contributed by atoms with Crippen LogP contribution in [0.5, 0.6) is 0 Å². The van der Waals surface area contributed by atoms with E-state index in [0.29, 0.717) is 5.92 Å². The van der Waals surface area contributed by atoms with Gasteiger partial charge in [-0.1, -0.05) is 74.0 Å². The molecular weight excluding hydrogens is 427 g/mol. The van der Waals surface area contributed by atoms with E-state index in [0.717, 1.165) is 5.56 Å². The molecule has 2 aromatic carbocycles. The Morgan fingerprint density at radius 1 is 1.12 bits per heavy atom. The molecule has 0 saturated carbocycles. The molecule has 2 rings (SSSR count). The van der Waals surface area contributed by atoms with Crippen molar-refractivity contribution in [3.05, 3.63) is 71.3 Å². The van der Waals surface area contributed by atoms with E-state index < -0.39 is 0 Å². The Bertz CT molecular complexity index is 601. The van der Waals surface area contributed by atoms with E-state index in [1.165, 1.54) is 11.1 Å². The predicted molar refractivity (Wildman–Crippen MR) is 105 cm³/mol. The van der Waals surface area contributed by atoms with Gasteiger partial charge in [-0.25, -0.2) is 0 Å². The van der Waals surface area contributed by atoms with Crippen molar-refractivity contribution in [1.82, 2.24) is 5.43 Å². The molecule has 0 radical (unpaired) electrons. The number of hydrogen-bond donors (Lipinski definition) is 2. The Morgan fingerprint density at radius 2 is 1.67 bits per heavy atom. The van der Waals surface area contributed by atoms with E-state index in [4.69, 9.17) is 5.73 Å². The average molecular weight is 450 g/mol. The monoisotopic (exact) mass is 450 g/mol. The minimum atomic E-state index is 0.169. The van der Waals surface area contributed by atoms with Gasteiger partial charge in [-0.2, -0.15) is 5.10 Å². The van der Waals surface area contributed by atoms with Gasteiger partial charge in [0.05, 0.1) is 6.21 Å². The van der Waals surface area contributed by atoms with Gasteiger partial charge in [0.2, 0.25) is 0 Å². The van der Waals surface area contributed by atoms with Crippen LogP contribution in [0.2, 0.25) is 0 Å². The number of nitrogens with zero attached hydrogens (tertiary/aromatic N) is 1. The van der Waals surface area contributed by atoms with Gasteiger partial charge in [-0.3, -0.25) is 5.43 Å². The van der Waals surface area contributed by atoms with Crippen molar-refractivity contribution >= 4 is 33.2 Å². The van der Waals surface area contributed by atoms with Crippen LogP contribution >= 0.6 is 21.9 Å². The Hall–Kier alpha value is -1.29. The number of aryl methyl sites for hydroxylation is 1. The van der Waals surface area contributed by atoms with Crippen molar-refractivity contribution in [3.8, 4) is 0 Å². The fourth-order valence-electron chi connectivity index (χ4n) is 1.66. The molecule has 3 nitrogen and oxygen atoms in total. The van der Waals surface area contributed by atoms with E-state index >= 15 is 0 Å². The topological polar surface area (TPSA) is 50.4 Å². The van der Waals surface area contributed by atoms with Crippen LogP contribution in [-0.4, -0.2) is 11.3 Å². The van der Waals surface area contributed by atoms with Crippen LogP contribution in [-0.2, 0) is 17.3 Å². The minimum absolute atomic E-state index is 0.169. The van der Waals surface area contributed by atoms with Gasteiger partial charge in [0.25, 0.3) is 0 Å². The van der Waals surface area contributed by atoms with Crippen molar-refractivity contribution in [1.29, 1.82) is 0 Å². The Morgan fingerprint density at radius 3 is 2.12 bits per heavy atom. The maximum absolute atomic E-state index is 5.16. The zero-order chi connectivity index (χ0) is 18.4. The molecule has 0 unspecified atom stereocenters. The van der Waals surface area contributed by atoms with Crippen LogP contribution < -0.4 is 11.2 Å². The van der Waals surface area contributed by atoms with E-state index in [9.17, 15) is 0 Å². The van der Waals surface area contributed by atoms with Gasteiger partial charge in [-0.05, 0) is 36.2 Å². The second-order valence-corrected chi connectivity index (χ2v) is 5.65. The molecule has 0 aliphatic rings. The van der Waals surface area contributed by atoms with Gasteiger partial charge in [0.1, 0.15) is 0 Å². The first kappa shape index (κ1) is 22.7. The molecule has 0 aliphatic carbocycles. The van der Waals surface area contributed by atoms with E-state index in [-0.39, 0.29) is 5.11 Å². The summed E-state index contributed by atoms with van der Waals surface area (Å²) in [5.74, 6) is 0.653. The van der Waals surface area contributed by atoms with Gasteiger partial charge in [-0.15, -0.1) is 0 Å². The number of rotatable bonds is 3. The molecule has 130 valence electrons. The van der Waals surface area contributed by atoms with Crippen LogP contribution in [0.25, 0.3) is 0 Å². The fraction of sp³-hybridized carbons (Fsp3) is 0.222. The van der Waals surface area contributed by atoms with Crippen LogP contribution in [0.4, 0.5) is 0 Å². The third-order valence-electron chi connectivity index (χ3n) is 2.93. The summed E-state index contributed by atoms with van der Waals surface area (Å²) < 4.78 is 0. The molecule has 2 aromatic rings. The van der Waals surface area contributed by atoms with Crippen molar-refractivity contribution < 1.29 is 17.3 Å². The first-order valence-electron chi connectivity index (χ1n) is 7.32. The van der Waals surface area contributed by atoms with Crippen molar-refractivity contribution in [2.75, 3.05) is 0 Å². The Kier molecular flexibility index (Phi) is 13.3. The van der Waals surface area contributed by atoms with Crippen LogP contribution in [0.15, 0.2) is 59.7 Å². The van der Waals surface area contributed by atoms with Gasteiger partial charge < -0.3 is 5.73 Å². The third kappa shape index (κ3) is 11.3. The zero-order valence-electron chi connectivity index (χ0n) is 14.0. The summed E-state index contributed by atoms with van der Waals surface area (Å²) in [5, 5.41) is 3.97. The molecule has 0 atom stereocenters. The molecule has 0 aromatic heterocycles. The molecule has 0 bridgehead atoms. The summed E-state index contributed by atoms with van der Waals surface area (Å²) in [6.45, 7) is 6.54. The summed E-state index contributed by atoms with van der Waals surface area (Å²) in [6, 6.07) is 18.4. The van der Waals surface area contributed by atoms with Crippen LogP contribution in [0.1, 0.15) is 36.5 Å². The molecule has 0 spiro atoms. The normalized spacial score (nSPS) is 9.58. The van der Waals surface area contributed by atoms with Crippen molar-refractivity contribution in [2.45, 2.75) is 26.7 Å². The zero-order valence-corrected chi connectivity index (χ0v) is 17.3. The molecule has 0 saturated heterocycles. The number of thiocarbonyl (C=S) groups is 1. The van der Waals surface area contributed by atoms with Gasteiger partial charge >= 0.3 is 27.0 Å². The predicted octanol–water partition coefficient (Wildman–Crippen LogP) is 4.66. The number of halogens is 1. The molecule has 0 aliphatic heterocycles. The van der Waals surface area contributed by atoms with Gasteiger partial charge in [0, 0.05) is 0 Å². The van der Waals surface area contributed by atoms with Crippen molar-refractivity contribution in [3.63, 3.8) is 0 Å². The molecule has 0 amide bonds. The number of nitrogens with one attached hydrogen (secondary N) is 1. The first-order chi connectivity index (χ1) is 11.5. The first-order valence-corrected chi connectivity index (χ1v) is 9.97. The summed E-state index contributed by atoms with van der Waals surface area (Å²) >= 11 is 6.39.